The number of rotatable bonds is 4. The summed E-state index contributed by atoms with van der Waals surface area (Å²) in [4.78, 5) is 11.9. The summed E-state index contributed by atoms with van der Waals surface area (Å²) in [5, 5.41) is 7.79. The Morgan fingerprint density at radius 3 is 2.55 bits per heavy atom. The van der Waals surface area contributed by atoms with E-state index in [0.717, 1.165) is 24.8 Å². The molecule has 1 fully saturated rings. The summed E-state index contributed by atoms with van der Waals surface area (Å²) in [6.45, 7) is 1.78. The SMILES string of the molecule is Cc1ccc(S(N)(=O)=O)cc1NC(=O)CC1(N)CCC1. The molecule has 0 bridgehead atoms. The molecule has 5 N–H and O–H groups in total. The molecule has 0 unspecified atom stereocenters. The molecule has 1 saturated carbocycles. The van der Waals surface area contributed by atoms with Gasteiger partial charge in [-0.25, -0.2) is 13.6 Å². The molecule has 7 heteroatoms. The van der Waals surface area contributed by atoms with Crippen molar-refractivity contribution in [2.45, 2.75) is 43.0 Å². The number of hydrogen-bond acceptors (Lipinski definition) is 4. The predicted octanol–water partition coefficient (Wildman–Crippen LogP) is 0.852. The lowest BCUT2D eigenvalue weighted by atomic mass is 9.75. The topological polar surface area (TPSA) is 115 Å². The number of sulfonamides is 1. The number of nitrogens with one attached hydrogen (secondary N) is 1. The summed E-state index contributed by atoms with van der Waals surface area (Å²) in [5.74, 6) is -0.207. The molecule has 1 aromatic carbocycles. The van der Waals surface area contributed by atoms with E-state index >= 15 is 0 Å². The quantitative estimate of drug-likeness (QED) is 0.764. The van der Waals surface area contributed by atoms with E-state index in [2.05, 4.69) is 5.32 Å². The lowest BCUT2D eigenvalue weighted by Gasteiger charge is -2.37. The Kier molecular flexibility index (Phi) is 3.86. The van der Waals surface area contributed by atoms with Crippen molar-refractivity contribution in [3.05, 3.63) is 23.8 Å². The summed E-state index contributed by atoms with van der Waals surface area (Å²) >= 11 is 0. The van der Waals surface area contributed by atoms with Crippen molar-refractivity contribution >= 4 is 21.6 Å². The van der Waals surface area contributed by atoms with Crippen LogP contribution in [-0.2, 0) is 14.8 Å². The Morgan fingerprint density at radius 1 is 1.40 bits per heavy atom. The molecule has 0 aliphatic heterocycles. The maximum atomic E-state index is 12.0. The first kappa shape index (κ1) is 15.0. The third-order valence-corrected chi connectivity index (χ3v) is 4.58. The highest BCUT2D eigenvalue weighted by molar-refractivity contribution is 7.89. The van der Waals surface area contributed by atoms with Crippen LogP contribution >= 0.6 is 0 Å². The molecule has 1 aliphatic rings. The third kappa shape index (κ3) is 3.36. The van der Waals surface area contributed by atoms with Gasteiger partial charge < -0.3 is 11.1 Å². The van der Waals surface area contributed by atoms with Crippen LogP contribution in [0.3, 0.4) is 0 Å². The van der Waals surface area contributed by atoms with Gasteiger partial charge in [0.1, 0.15) is 0 Å². The van der Waals surface area contributed by atoms with Gasteiger partial charge in [0.15, 0.2) is 0 Å². The molecule has 1 aromatic rings. The number of nitrogens with two attached hydrogens (primary N) is 2. The van der Waals surface area contributed by atoms with Gasteiger partial charge in [0, 0.05) is 17.6 Å². The van der Waals surface area contributed by atoms with Crippen LogP contribution in [0.2, 0.25) is 0 Å². The second kappa shape index (κ2) is 5.16. The number of amides is 1. The van der Waals surface area contributed by atoms with Gasteiger partial charge in [-0.05, 0) is 43.9 Å². The normalized spacial score (nSPS) is 17.4. The minimum atomic E-state index is -3.78. The highest BCUT2D eigenvalue weighted by atomic mass is 32.2. The Balaban J connectivity index is 2.14. The lowest BCUT2D eigenvalue weighted by Crippen LogP contribution is -2.48. The van der Waals surface area contributed by atoms with E-state index in [9.17, 15) is 13.2 Å². The predicted molar refractivity (Wildman–Crippen MR) is 76.6 cm³/mol. The van der Waals surface area contributed by atoms with E-state index in [1.807, 2.05) is 0 Å². The molecule has 1 amide bonds. The molecule has 0 spiro atoms. The first-order valence-corrected chi connectivity index (χ1v) is 7.96. The Hall–Kier alpha value is -1.44. The number of aryl methyl sites for hydroxylation is 1. The summed E-state index contributed by atoms with van der Waals surface area (Å²) in [6, 6.07) is 4.39. The molecule has 0 radical (unpaired) electrons. The highest BCUT2D eigenvalue weighted by Crippen LogP contribution is 2.32. The number of carbonyl (C=O) groups excluding carboxylic acids is 1. The van der Waals surface area contributed by atoms with Crippen molar-refractivity contribution in [3.63, 3.8) is 0 Å². The summed E-state index contributed by atoms with van der Waals surface area (Å²) in [5.41, 5.74) is 6.83. The molecule has 0 heterocycles. The largest absolute Gasteiger partial charge is 0.326 e. The van der Waals surface area contributed by atoms with Crippen LogP contribution in [0.25, 0.3) is 0 Å². The minimum Gasteiger partial charge on any atom is -0.326 e. The van der Waals surface area contributed by atoms with Crippen molar-refractivity contribution < 1.29 is 13.2 Å². The van der Waals surface area contributed by atoms with Gasteiger partial charge >= 0.3 is 0 Å². The first-order chi connectivity index (χ1) is 9.20. The molecular formula is C13H19N3O3S. The fourth-order valence-electron chi connectivity index (χ4n) is 2.23. The monoisotopic (exact) mass is 297 g/mol. The zero-order chi connectivity index (χ0) is 15.0. The van der Waals surface area contributed by atoms with Crippen molar-refractivity contribution in [1.82, 2.24) is 0 Å². The third-order valence-electron chi connectivity index (χ3n) is 3.67. The zero-order valence-electron chi connectivity index (χ0n) is 11.3. The summed E-state index contributed by atoms with van der Waals surface area (Å²) in [6.07, 6.45) is 2.98. The van der Waals surface area contributed by atoms with E-state index < -0.39 is 15.6 Å². The van der Waals surface area contributed by atoms with Crippen LogP contribution in [0.4, 0.5) is 5.69 Å². The van der Waals surface area contributed by atoms with Gasteiger partial charge in [-0.15, -0.1) is 0 Å². The van der Waals surface area contributed by atoms with Crippen LogP contribution in [0.1, 0.15) is 31.2 Å². The number of carbonyl (C=O) groups is 1. The molecule has 0 aromatic heterocycles. The molecule has 110 valence electrons. The van der Waals surface area contributed by atoms with Crippen LogP contribution in [0.5, 0.6) is 0 Å². The maximum absolute atomic E-state index is 12.0. The molecule has 20 heavy (non-hydrogen) atoms. The van der Waals surface area contributed by atoms with Gasteiger partial charge in [-0.3, -0.25) is 4.79 Å². The molecule has 0 saturated heterocycles. The van der Waals surface area contributed by atoms with E-state index in [1.54, 1.807) is 13.0 Å². The highest BCUT2D eigenvalue weighted by Gasteiger charge is 2.34. The number of benzene rings is 1. The van der Waals surface area contributed by atoms with Crippen LogP contribution in [0, 0.1) is 6.92 Å². The molecule has 1 aliphatic carbocycles. The summed E-state index contributed by atoms with van der Waals surface area (Å²) in [7, 11) is -3.78. The van der Waals surface area contributed by atoms with Crippen LogP contribution < -0.4 is 16.2 Å². The van der Waals surface area contributed by atoms with Crippen LogP contribution in [0.15, 0.2) is 23.1 Å². The number of anilines is 1. The Bertz CT molecular complexity index is 636. The van der Waals surface area contributed by atoms with Crippen molar-refractivity contribution in [1.29, 1.82) is 0 Å². The van der Waals surface area contributed by atoms with Crippen molar-refractivity contribution in [2.75, 3.05) is 5.32 Å². The smallest absolute Gasteiger partial charge is 0.238 e. The first-order valence-electron chi connectivity index (χ1n) is 6.42. The van der Waals surface area contributed by atoms with Gasteiger partial charge in [-0.2, -0.15) is 0 Å². The Morgan fingerprint density at radius 2 is 2.05 bits per heavy atom. The van der Waals surface area contributed by atoms with E-state index in [1.165, 1.54) is 12.1 Å². The fourth-order valence-corrected chi connectivity index (χ4v) is 2.77. The van der Waals surface area contributed by atoms with Gasteiger partial charge in [0.2, 0.25) is 15.9 Å². The van der Waals surface area contributed by atoms with Gasteiger partial charge in [-0.1, -0.05) is 6.07 Å². The number of primary sulfonamides is 1. The van der Waals surface area contributed by atoms with E-state index in [4.69, 9.17) is 10.9 Å². The second-order valence-corrected chi connectivity index (χ2v) is 7.02. The standard InChI is InChI=1S/C13H19N3O3S/c1-9-3-4-10(20(15,18)19)7-11(9)16-12(17)8-13(14)5-2-6-13/h3-4,7H,2,5-6,8,14H2,1H3,(H,16,17)(H2,15,18,19). The molecule has 2 rings (SSSR count). The van der Waals surface area contributed by atoms with Gasteiger partial charge in [0.25, 0.3) is 0 Å². The molecular weight excluding hydrogens is 278 g/mol. The second-order valence-electron chi connectivity index (χ2n) is 5.46. The average Bonchev–Trinajstić information content (AvgIpc) is 2.28. The minimum absolute atomic E-state index is 0.0236. The average molecular weight is 297 g/mol. The van der Waals surface area contributed by atoms with E-state index in [0.29, 0.717) is 5.69 Å². The molecule has 6 nitrogen and oxygen atoms in total. The van der Waals surface area contributed by atoms with Crippen molar-refractivity contribution in [3.8, 4) is 0 Å². The maximum Gasteiger partial charge on any atom is 0.238 e. The molecule has 0 atom stereocenters. The Labute approximate surface area is 118 Å². The fraction of sp³-hybridized carbons (Fsp3) is 0.462. The van der Waals surface area contributed by atoms with Gasteiger partial charge in [0.05, 0.1) is 4.90 Å². The zero-order valence-corrected chi connectivity index (χ0v) is 12.2. The van der Waals surface area contributed by atoms with Crippen molar-refractivity contribution in [2.24, 2.45) is 10.9 Å². The number of hydrogen-bond donors (Lipinski definition) is 3. The van der Waals surface area contributed by atoms with Crippen LogP contribution in [-0.4, -0.2) is 19.9 Å². The van der Waals surface area contributed by atoms with E-state index in [-0.39, 0.29) is 17.2 Å². The summed E-state index contributed by atoms with van der Waals surface area (Å²) < 4.78 is 22.6. The lowest BCUT2D eigenvalue weighted by molar-refractivity contribution is -0.118.